The highest BCUT2D eigenvalue weighted by atomic mass is 16.5. The van der Waals surface area contributed by atoms with Crippen LogP contribution in [0, 0.1) is 0 Å². The fourth-order valence-corrected chi connectivity index (χ4v) is 3.69. The average Bonchev–Trinajstić information content (AvgIpc) is 3.19. The van der Waals surface area contributed by atoms with Gasteiger partial charge in [0.05, 0.1) is 13.4 Å². The highest BCUT2D eigenvalue weighted by Crippen LogP contribution is 2.38. The normalized spacial score (nSPS) is 11.8. The zero-order chi connectivity index (χ0) is 21.1. The van der Waals surface area contributed by atoms with Crippen LogP contribution in [0.15, 0.2) is 71.4 Å². The van der Waals surface area contributed by atoms with Gasteiger partial charge in [0.1, 0.15) is 11.3 Å². The summed E-state index contributed by atoms with van der Waals surface area (Å²) in [6, 6.07) is 18.6. The van der Waals surface area contributed by atoms with Gasteiger partial charge >= 0.3 is 0 Å². The summed E-state index contributed by atoms with van der Waals surface area (Å²) in [5.41, 5.74) is 4.57. The Bertz CT molecular complexity index is 1250. The first-order valence-corrected chi connectivity index (χ1v) is 10.2. The van der Waals surface area contributed by atoms with Crippen LogP contribution >= 0.6 is 0 Å². The number of benzene rings is 3. The molecule has 1 aromatic heterocycles. The second-order valence-corrected chi connectivity index (χ2v) is 7.38. The Balaban J connectivity index is 1.80. The minimum absolute atomic E-state index is 0.0987. The summed E-state index contributed by atoms with van der Waals surface area (Å²) in [4.78, 5) is 12.2. The quantitative estimate of drug-likeness (QED) is 0.393. The Kier molecular flexibility index (Phi) is 5.57. The van der Waals surface area contributed by atoms with E-state index in [1.165, 1.54) is 10.8 Å². The third kappa shape index (κ3) is 3.81. The summed E-state index contributed by atoms with van der Waals surface area (Å²) in [5.74, 6) is 0.581. The van der Waals surface area contributed by atoms with Crippen LogP contribution in [0.2, 0.25) is 0 Å². The van der Waals surface area contributed by atoms with E-state index in [-0.39, 0.29) is 5.91 Å². The van der Waals surface area contributed by atoms with Crippen LogP contribution in [0.4, 0.5) is 0 Å². The van der Waals surface area contributed by atoms with Crippen molar-refractivity contribution in [2.75, 3.05) is 13.7 Å². The lowest BCUT2D eigenvalue weighted by Gasteiger charge is -2.10. The molecule has 0 fully saturated rings. The number of methoxy groups -OCH3 is 1. The van der Waals surface area contributed by atoms with Crippen LogP contribution in [-0.4, -0.2) is 19.6 Å². The zero-order valence-electron chi connectivity index (χ0n) is 17.5. The SMILES string of the molecule is CCCNC(=O)/C=C(\C)c1cc2c(-c3ccc4ccccc4c3)coc2cc1OC. The molecule has 4 heteroatoms. The van der Waals surface area contributed by atoms with E-state index >= 15 is 0 Å². The van der Waals surface area contributed by atoms with Gasteiger partial charge in [-0.3, -0.25) is 4.79 Å². The second-order valence-electron chi connectivity index (χ2n) is 7.38. The summed E-state index contributed by atoms with van der Waals surface area (Å²) in [5, 5.41) is 6.26. The van der Waals surface area contributed by atoms with E-state index in [4.69, 9.17) is 9.15 Å². The maximum absolute atomic E-state index is 12.2. The number of amides is 1. The molecule has 1 heterocycles. The molecule has 4 aromatic rings. The minimum Gasteiger partial charge on any atom is -0.496 e. The number of hydrogen-bond acceptors (Lipinski definition) is 3. The summed E-state index contributed by atoms with van der Waals surface area (Å²) in [6.45, 7) is 4.61. The zero-order valence-corrected chi connectivity index (χ0v) is 17.5. The van der Waals surface area contributed by atoms with E-state index in [1.54, 1.807) is 19.4 Å². The van der Waals surface area contributed by atoms with E-state index in [1.807, 2.05) is 38.1 Å². The van der Waals surface area contributed by atoms with Gasteiger partial charge in [0, 0.05) is 35.2 Å². The number of rotatable bonds is 6. The Hall–Kier alpha value is -3.53. The topological polar surface area (TPSA) is 51.5 Å². The van der Waals surface area contributed by atoms with Gasteiger partial charge in [-0.1, -0.05) is 43.3 Å². The molecular formula is C26H25NO3. The predicted molar refractivity (Wildman–Crippen MR) is 123 cm³/mol. The Morgan fingerprint density at radius 1 is 1.10 bits per heavy atom. The van der Waals surface area contributed by atoms with Gasteiger partial charge in [-0.25, -0.2) is 0 Å². The van der Waals surface area contributed by atoms with Crippen molar-refractivity contribution in [2.45, 2.75) is 20.3 Å². The fraction of sp³-hybridized carbons (Fsp3) is 0.192. The summed E-state index contributed by atoms with van der Waals surface area (Å²) in [6.07, 6.45) is 4.30. The largest absolute Gasteiger partial charge is 0.496 e. The van der Waals surface area contributed by atoms with Crippen LogP contribution in [0.3, 0.4) is 0 Å². The van der Waals surface area contributed by atoms with Gasteiger partial charge in [0.25, 0.3) is 0 Å². The number of hydrogen-bond donors (Lipinski definition) is 1. The molecule has 4 nitrogen and oxygen atoms in total. The highest BCUT2D eigenvalue weighted by molar-refractivity contribution is 6.01. The van der Waals surface area contributed by atoms with E-state index in [0.29, 0.717) is 12.3 Å². The molecule has 4 rings (SSSR count). The van der Waals surface area contributed by atoms with Crippen molar-refractivity contribution in [3.05, 3.63) is 72.5 Å². The second kappa shape index (κ2) is 8.46. The number of fused-ring (bicyclic) bond motifs is 2. The van der Waals surface area contributed by atoms with Crippen molar-refractivity contribution in [1.82, 2.24) is 5.32 Å². The monoisotopic (exact) mass is 399 g/mol. The van der Waals surface area contributed by atoms with Crippen LogP contribution < -0.4 is 10.1 Å². The standard InChI is InChI=1S/C26H25NO3/c1-4-11-27-26(28)12-17(2)21-14-22-23(16-30-25(22)15-24(21)29-3)20-10-9-18-7-5-6-8-19(18)13-20/h5-10,12-16H,4,11H2,1-3H3,(H,27,28)/b17-12+. The van der Waals surface area contributed by atoms with E-state index in [2.05, 4.69) is 35.6 Å². The molecule has 1 N–H and O–H groups in total. The van der Waals surface area contributed by atoms with Crippen LogP contribution in [-0.2, 0) is 4.79 Å². The molecule has 30 heavy (non-hydrogen) atoms. The molecule has 152 valence electrons. The maximum atomic E-state index is 12.2. The molecule has 0 atom stereocenters. The number of carbonyl (C=O) groups is 1. The van der Waals surface area contributed by atoms with Gasteiger partial charge in [-0.2, -0.15) is 0 Å². The molecule has 1 amide bonds. The number of carbonyl (C=O) groups excluding carboxylic acids is 1. The average molecular weight is 399 g/mol. The van der Waals surface area contributed by atoms with Crippen molar-refractivity contribution < 1.29 is 13.9 Å². The molecule has 0 unspecified atom stereocenters. The van der Waals surface area contributed by atoms with Crippen LogP contribution in [0.5, 0.6) is 5.75 Å². The molecular weight excluding hydrogens is 374 g/mol. The number of allylic oxidation sites excluding steroid dienone is 1. The smallest absolute Gasteiger partial charge is 0.244 e. The van der Waals surface area contributed by atoms with Gasteiger partial charge in [-0.05, 0) is 47.4 Å². The van der Waals surface area contributed by atoms with Crippen molar-refractivity contribution in [3.8, 4) is 16.9 Å². The first-order valence-electron chi connectivity index (χ1n) is 10.2. The lowest BCUT2D eigenvalue weighted by atomic mass is 9.97. The Morgan fingerprint density at radius 2 is 1.90 bits per heavy atom. The Labute approximate surface area is 176 Å². The fourth-order valence-electron chi connectivity index (χ4n) is 3.69. The maximum Gasteiger partial charge on any atom is 0.244 e. The first-order chi connectivity index (χ1) is 14.6. The predicted octanol–water partition coefficient (Wildman–Crippen LogP) is 6.19. The summed E-state index contributed by atoms with van der Waals surface area (Å²) >= 11 is 0. The molecule has 0 aliphatic carbocycles. The van der Waals surface area contributed by atoms with Gasteiger partial charge in [0.2, 0.25) is 5.91 Å². The third-order valence-corrected chi connectivity index (χ3v) is 5.28. The number of furan rings is 1. The van der Waals surface area contributed by atoms with Crippen LogP contribution in [0.1, 0.15) is 25.8 Å². The summed E-state index contributed by atoms with van der Waals surface area (Å²) < 4.78 is 11.4. The first kappa shape index (κ1) is 19.8. The van der Waals surface area contributed by atoms with Gasteiger partial charge in [-0.15, -0.1) is 0 Å². The van der Waals surface area contributed by atoms with Crippen molar-refractivity contribution in [3.63, 3.8) is 0 Å². The van der Waals surface area contributed by atoms with Crippen molar-refractivity contribution in [1.29, 1.82) is 0 Å². The molecule has 0 aliphatic heterocycles. The van der Waals surface area contributed by atoms with Gasteiger partial charge in [0.15, 0.2) is 0 Å². The molecule has 0 aliphatic rings. The summed E-state index contributed by atoms with van der Waals surface area (Å²) in [7, 11) is 1.63. The molecule has 0 spiro atoms. The lowest BCUT2D eigenvalue weighted by molar-refractivity contribution is -0.116. The van der Waals surface area contributed by atoms with Crippen molar-refractivity contribution in [2.24, 2.45) is 0 Å². The highest BCUT2D eigenvalue weighted by Gasteiger charge is 2.15. The van der Waals surface area contributed by atoms with E-state index < -0.39 is 0 Å². The number of ether oxygens (including phenoxy) is 1. The third-order valence-electron chi connectivity index (χ3n) is 5.28. The van der Waals surface area contributed by atoms with Crippen molar-refractivity contribution >= 4 is 33.2 Å². The molecule has 0 saturated carbocycles. The van der Waals surface area contributed by atoms with Gasteiger partial charge < -0.3 is 14.5 Å². The molecule has 0 saturated heterocycles. The van der Waals surface area contributed by atoms with Crippen LogP contribution in [0.25, 0.3) is 38.4 Å². The Morgan fingerprint density at radius 3 is 2.67 bits per heavy atom. The molecule has 0 radical (unpaired) electrons. The number of nitrogens with one attached hydrogen (secondary N) is 1. The lowest BCUT2D eigenvalue weighted by Crippen LogP contribution is -2.21. The molecule has 3 aromatic carbocycles. The van der Waals surface area contributed by atoms with E-state index in [0.717, 1.165) is 39.7 Å². The molecule has 0 bridgehead atoms. The minimum atomic E-state index is -0.0987. The van der Waals surface area contributed by atoms with E-state index in [9.17, 15) is 4.79 Å².